The van der Waals surface area contributed by atoms with Crippen molar-refractivity contribution in [2.45, 2.75) is 30.2 Å². The van der Waals surface area contributed by atoms with Crippen molar-refractivity contribution in [1.29, 1.82) is 0 Å². The first kappa shape index (κ1) is 15.3. The Kier molecular flexibility index (Phi) is 3.80. The second-order valence-corrected chi connectivity index (χ2v) is 8.40. The summed E-state index contributed by atoms with van der Waals surface area (Å²) < 4.78 is 23.4. The van der Waals surface area contributed by atoms with E-state index in [1.807, 2.05) is 0 Å². The maximum absolute atomic E-state index is 12.7. The summed E-state index contributed by atoms with van der Waals surface area (Å²) in [5.74, 6) is 0.334. The van der Waals surface area contributed by atoms with Gasteiger partial charge < -0.3 is 4.90 Å². The van der Waals surface area contributed by atoms with E-state index in [4.69, 9.17) is 16.7 Å². The van der Waals surface area contributed by atoms with Crippen molar-refractivity contribution in [2.24, 2.45) is 11.1 Å². The molecular formula is C13H14BrClN2O3S. The molecule has 1 aliphatic carbocycles. The number of benzene rings is 1. The number of likely N-dealkylation sites (tertiary alicyclic amines) is 1. The molecule has 2 bridgehead atoms. The summed E-state index contributed by atoms with van der Waals surface area (Å²) in [6, 6.07) is 2.82. The minimum atomic E-state index is -3.89. The SMILES string of the molecule is NS(=O)(=O)c1cc(Br)c(Cl)c(C(=O)N2CC3CCC2C3)c1. The number of nitrogens with two attached hydrogens (primary N) is 1. The van der Waals surface area contributed by atoms with Crippen LogP contribution in [-0.4, -0.2) is 31.8 Å². The number of nitrogens with zero attached hydrogens (tertiary/aromatic N) is 1. The lowest BCUT2D eigenvalue weighted by Crippen LogP contribution is -2.37. The van der Waals surface area contributed by atoms with E-state index in [1.165, 1.54) is 12.1 Å². The molecule has 2 fully saturated rings. The zero-order valence-corrected chi connectivity index (χ0v) is 14.2. The summed E-state index contributed by atoms with van der Waals surface area (Å²) in [6.45, 7) is 0.719. The van der Waals surface area contributed by atoms with E-state index >= 15 is 0 Å². The van der Waals surface area contributed by atoms with Crippen molar-refractivity contribution in [3.63, 3.8) is 0 Å². The maximum atomic E-state index is 12.7. The van der Waals surface area contributed by atoms with Crippen molar-refractivity contribution in [2.75, 3.05) is 6.54 Å². The Morgan fingerprint density at radius 2 is 2.10 bits per heavy atom. The van der Waals surface area contributed by atoms with Crippen molar-refractivity contribution in [3.8, 4) is 0 Å². The lowest BCUT2D eigenvalue weighted by Gasteiger charge is -2.27. The zero-order chi connectivity index (χ0) is 15.4. The average Bonchev–Trinajstić information content (AvgIpc) is 3.02. The van der Waals surface area contributed by atoms with Gasteiger partial charge in [0.05, 0.1) is 15.5 Å². The van der Waals surface area contributed by atoms with E-state index in [2.05, 4.69) is 15.9 Å². The van der Waals surface area contributed by atoms with Crippen LogP contribution in [0.15, 0.2) is 21.5 Å². The third-order valence-corrected chi connectivity index (χ3v) is 6.38. The highest BCUT2D eigenvalue weighted by molar-refractivity contribution is 9.10. The number of hydrogen-bond donors (Lipinski definition) is 1. The molecule has 2 aliphatic rings. The van der Waals surface area contributed by atoms with Gasteiger partial charge in [0.1, 0.15) is 0 Å². The van der Waals surface area contributed by atoms with Gasteiger partial charge in [0.2, 0.25) is 10.0 Å². The second-order valence-electron chi connectivity index (χ2n) is 5.60. The largest absolute Gasteiger partial charge is 0.335 e. The molecule has 21 heavy (non-hydrogen) atoms. The van der Waals surface area contributed by atoms with Crippen LogP contribution in [0.3, 0.4) is 0 Å². The van der Waals surface area contributed by atoms with Crippen molar-refractivity contribution < 1.29 is 13.2 Å². The average molecular weight is 394 g/mol. The molecule has 1 amide bonds. The summed E-state index contributed by atoms with van der Waals surface area (Å²) in [5.41, 5.74) is 0.183. The molecule has 1 aromatic rings. The first-order valence-electron chi connectivity index (χ1n) is 6.60. The van der Waals surface area contributed by atoms with Gasteiger partial charge in [0, 0.05) is 17.1 Å². The van der Waals surface area contributed by atoms with E-state index in [9.17, 15) is 13.2 Å². The minimum absolute atomic E-state index is 0.119. The number of fused-ring (bicyclic) bond motifs is 2. The summed E-state index contributed by atoms with van der Waals surface area (Å²) in [6.07, 6.45) is 3.19. The number of rotatable bonds is 2. The van der Waals surface area contributed by atoms with Crippen LogP contribution < -0.4 is 5.14 Å². The highest BCUT2D eigenvalue weighted by Crippen LogP contribution is 2.39. The molecule has 2 atom stereocenters. The lowest BCUT2D eigenvalue weighted by molar-refractivity contribution is 0.0703. The topological polar surface area (TPSA) is 80.5 Å². The summed E-state index contributed by atoms with van der Waals surface area (Å²) in [4.78, 5) is 14.4. The lowest BCUT2D eigenvalue weighted by atomic mass is 10.1. The Morgan fingerprint density at radius 3 is 2.62 bits per heavy atom. The number of carbonyl (C=O) groups excluding carboxylic acids is 1. The van der Waals surface area contributed by atoms with Gasteiger partial charge in [0.25, 0.3) is 5.91 Å². The van der Waals surface area contributed by atoms with Gasteiger partial charge in [-0.25, -0.2) is 13.6 Å². The molecule has 5 nitrogen and oxygen atoms in total. The summed E-state index contributed by atoms with van der Waals surface area (Å²) in [5, 5.41) is 5.36. The van der Waals surface area contributed by atoms with E-state index in [1.54, 1.807) is 4.90 Å². The molecule has 8 heteroatoms. The van der Waals surface area contributed by atoms with E-state index in [0.29, 0.717) is 10.4 Å². The predicted molar refractivity (Wildman–Crippen MR) is 82.7 cm³/mol. The molecule has 0 spiro atoms. The van der Waals surface area contributed by atoms with Crippen LogP contribution in [0, 0.1) is 5.92 Å². The molecule has 3 rings (SSSR count). The zero-order valence-electron chi connectivity index (χ0n) is 11.1. The maximum Gasteiger partial charge on any atom is 0.255 e. The van der Waals surface area contributed by atoms with Gasteiger partial charge in [-0.1, -0.05) is 11.6 Å². The molecule has 1 heterocycles. The Morgan fingerprint density at radius 1 is 1.38 bits per heavy atom. The van der Waals surface area contributed by atoms with Crippen LogP contribution in [0.5, 0.6) is 0 Å². The molecule has 1 saturated heterocycles. The molecule has 2 N–H and O–H groups in total. The number of primary sulfonamides is 1. The first-order chi connectivity index (χ1) is 9.77. The standard InChI is InChI=1S/C13H14BrClN2O3S/c14-11-5-9(21(16,19)20)4-10(12(11)15)13(18)17-6-7-1-2-8(17)3-7/h4-5,7-8H,1-3,6H2,(H2,16,19,20). The Labute approximate surface area is 136 Å². The van der Waals surface area contributed by atoms with Gasteiger partial charge in [0.15, 0.2) is 0 Å². The number of hydrogen-bond acceptors (Lipinski definition) is 3. The van der Waals surface area contributed by atoms with Crippen LogP contribution in [0.2, 0.25) is 5.02 Å². The molecular weight excluding hydrogens is 380 g/mol. The molecule has 2 unspecified atom stereocenters. The van der Waals surface area contributed by atoms with E-state index < -0.39 is 10.0 Å². The molecule has 1 saturated carbocycles. The predicted octanol–water partition coefficient (Wildman–Crippen LogP) is 2.37. The molecule has 0 radical (unpaired) electrons. The van der Waals surface area contributed by atoms with Crippen LogP contribution in [0.4, 0.5) is 0 Å². The monoisotopic (exact) mass is 392 g/mol. The van der Waals surface area contributed by atoms with Crippen molar-refractivity contribution in [1.82, 2.24) is 4.90 Å². The Hall–Kier alpha value is -0.630. The fraction of sp³-hybridized carbons (Fsp3) is 0.462. The van der Waals surface area contributed by atoms with Crippen LogP contribution in [0.25, 0.3) is 0 Å². The quantitative estimate of drug-likeness (QED) is 0.837. The Balaban J connectivity index is 2.01. The number of carbonyl (C=O) groups is 1. The smallest absolute Gasteiger partial charge is 0.255 e. The number of amides is 1. The van der Waals surface area contributed by atoms with Gasteiger partial charge in [-0.15, -0.1) is 0 Å². The third kappa shape index (κ3) is 2.72. The summed E-state index contributed by atoms with van der Waals surface area (Å²) >= 11 is 9.35. The minimum Gasteiger partial charge on any atom is -0.335 e. The second kappa shape index (κ2) is 5.22. The van der Waals surface area contributed by atoms with E-state index in [-0.39, 0.29) is 27.4 Å². The molecule has 114 valence electrons. The van der Waals surface area contributed by atoms with Crippen LogP contribution in [0.1, 0.15) is 29.6 Å². The normalized spacial score (nSPS) is 24.6. The number of piperidine rings is 1. The fourth-order valence-electron chi connectivity index (χ4n) is 3.21. The van der Waals surface area contributed by atoms with Gasteiger partial charge in [-0.05, 0) is 53.2 Å². The molecule has 1 aromatic carbocycles. The highest BCUT2D eigenvalue weighted by Gasteiger charge is 2.41. The van der Waals surface area contributed by atoms with Gasteiger partial charge in [-0.3, -0.25) is 4.79 Å². The fourth-order valence-corrected chi connectivity index (χ4v) is 4.58. The number of sulfonamides is 1. The summed E-state index contributed by atoms with van der Waals surface area (Å²) in [7, 11) is -3.89. The first-order valence-corrected chi connectivity index (χ1v) is 9.32. The van der Waals surface area contributed by atoms with Crippen LogP contribution in [-0.2, 0) is 10.0 Å². The van der Waals surface area contributed by atoms with Crippen molar-refractivity contribution >= 4 is 43.5 Å². The molecule has 1 aliphatic heterocycles. The Bertz CT molecular complexity index is 722. The highest BCUT2D eigenvalue weighted by atomic mass is 79.9. The van der Waals surface area contributed by atoms with Crippen molar-refractivity contribution in [3.05, 3.63) is 27.2 Å². The third-order valence-electron chi connectivity index (χ3n) is 4.23. The molecule has 0 aromatic heterocycles. The van der Waals surface area contributed by atoms with E-state index in [0.717, 1.165) is 25.8 Å². The number of halogens is 2. The van der Waals surface area contributed by atoms with Gasteiger partial charge >= 0.3 is 0 Å². The van der Waals surface area contributed by atoms with Gasteiger partial charge in [-0.2, -0.15) is 0 Å². The van der Waals surface area contributed by atoms with Crippen LogP contribution >= 0.6 is 27.5 Å².